The molecule has 13 heavy (non-hydrogen) atoms. The van der Waals surface area contributed by atoms with Gasteiger partial charge in [-0.2, -0.15) is 0 Å². The second-order valence-electron chi connectivity index (χ2n) is 3.45. The minimum absolute atomic E-state index is 1.08. The first-order valence-corrected chi connectivity index (χ1v) is 4.92. The van der Waals surface area contributed by atoms with Crippen LogP contribution in [0.15, 0.2) is 30.3 Å². The van der Waals surface area contributed by atoms with Gasteiger partial charge in [0, 0.05) is 18.8 Å². The molecule has 1 aromatic rings. The van der Waals surface area contributed by atoms with Crippen molar-refractivity contribution in [3.05, 3.63) is 30.3 Å². The van der Waals surface area contributed by atoms with Gasteiger partial charge in [-0.05, 0) is 18.7 Å². The Kier molecular flexibility index (Phi) is 2.50. The number of anilines is 1. The van der Waals surface area contributed by atoms with Crippen LogP contribution in [-0.2, 0) is 0 Å². The van der Waals surface area contributed by atoms with Crippen molar-refractivity contribution in [2.75, 3.05) is 31.2 Å². The van der Waals surface area contributed by atoms with Crippen LogP contribution in [0, 0.1) is 0 Å². The zero-order chi connectivity index (χ0) is 9.10. The fourth-order valence-electron chi connectivity index (χ4n) is 1.75. The van der Waals surface area contributed by atoms with E-state index in [4.69, 9.17) is 0 Å². The van der Waals surface area contributed by atoms with Gasteiger partial charge in [0.1, 0.15) is 0 Å². The molecule has 2 heteroatoms. The SMILES string of the molecule is CCN1CCN(c2ccccc2)C1. The number of para-hydroxylation sites is 1. The number of hydrogen-bond donors (Lipinski definition) is 0. The van der Waals surface area contributed by atoms with Crippen LogP contribution < -0.4 is 4.90 Å². The van der Waals surface area contributed by atoms with E-state index in [2.05, 4.69) is 47.1 Å². The summed E-state index contributed by atoms with van der Waals surface area (Å²) in [5.74, 6) is 0. The quantitative estimate of drug-likeness (QED) is 0.678. The van der Waals surface area contributed by atoms with E-state index in [0.29, 0.717) is 0 Å². The van der Waals surface area contributed by atoms with Gasteiger partial charge in [0.25, 0.3) is 0 Å². The van der Waals surface area contributed by atoms with E-state index in [1.165, 1.54) is 12.2 Å². The molecule has 1 saturated heterocycles. The largest absolute Gasteiger partial charge is 0.357 e. The highest BCUT2D eigenvalue weighted by molar-refractivity contribution is 5.46. The highest BCUT2D eigenvalue weighted by Crippen LogP contribution is 2.16. The van der Waals surface area contributed by atoms with Gasteiger partial charge < -0.3 is 4.90 Å². The third kappa shape index (κ3) is 1.83. The summed E-state index contributed by atoms with van der Waals surface area (Å²) < 4.78 is 0. The molecule has 0 spiro atoms. The monoisotopic (exact) mass is 176 g/mol. The Morgan fingerprint density at radius 3 is 2.54 bits per heavy atom. The van der Waals surface area contributed by atoms with Gasteiger partial charge in [-0.3, -0.25) is 4.90 Å². The molecule has 1 aliphatic heterocycles. The van der Waals surface area contributed by atoms with Gasteiger partial charge in [0.2, 0.25) is 0 Å². The molecule has 1 aliphatic rings. The standard InChI is InChI=1S/C11H16N2/c1-2-12-8-9-13(10-12)11-6-4-3-5-7-11/h3-7H,2,8-10H2,1H3. The Morgan fingerprint density at radius 2 is 1.92 bits per heavy atom. The maximum Gasteiger partial charge on any atom is 0.0708 e. The fraction of sp³-hybridized carbons (Fsp3) is 0.455. The Labute approximate surface area is 79.8 Å². The second-order valence-corrected chi connectivity index (χ2v) is 3.45. The van der Waals surface area contributed by atoms with E-state index in [9.17, 15) is 0 Å². The average Bonchev–Trinajstić information content (AvgIpc) is 2.67. The van der Waals surface area contributed by atoms with Crippen LogP contribution in [0.3, 0.4) is 0 Å². The molecule has 0 bridgehead atoms. The van der Waals surface area contributed by atoms with Crippen molar-refractivity contribution < 1.29 is 0 Å². The summed E-state index contributed by atoms with van der Waals surface area (Å²) in [5.41, 5.74) is 1.35. The third-order valence-corrected chi connectivity index (χ3v) is 2.63. The van der Waals surface area contributed by atoms with E-state index < -0.39 is 0 Å². The van der Waals surface area contributed by atoms with E-state index in [1.54, 1.807) is 0 Å². The van der Waals surface area contributed by atoms with Crippen LogP contribution in [0.4, 0.5) is 5.69 Å². The van der Waals surface area contributed by atoms with Crippen LogP contribution in [0.25, 0.3) is 0 Å². The summed E-state index contributed by atoms with van der Waals surface area (Å²) in [6, 6.07) is 10.6. The van der Waals surface area contributed by atoms with Crippen LogP contribution in [0.5, 0.6) is 0 Å². The van der Waals surface area contributed by atoms with E-state index >= 15 is 0 Å². The van der Waals surface area contributed by atoms with Crippen LogP contribution in [0.1, 0.15) is 6.92 Å². The topological polar surface area (TPSA) is 6.48 Å². The van der Waals surface area contributed by atoms with Crippen molar-refractivity contribution >= 4 is 5.69 Å². The molecule has 0 N–H and O–H groups in total. The number of rotatable bonds is 2. The number of benzene rings is 1. The summed E-state index contributed by atoms with van der Waals surface area (Å²) in [5, 5.41) is 0. The first-order valence-electron chi connectivity index (χ1n) is 4.92. The van der Waals surface area contributed by atoms with Gasteiger partial charge in [0.05, 0.1) is 6.67 Å². The van der Waals surface area contributed by atoms with Gasteiger partial charge in [-0.25, -0.2) is 0 Å². The number of hydrogen-bond acceptors (Lipinski definition) is 2. The second kappa shape index (κ2) is 3.79. The van der Waals surface area contributed by atoms with Crippen molar-refractivity contribution in [1.29, 1.82) is 0 Å². The molecule has 70 valence electrons. The van der Waals surface area contributed by atoms with Crippen molar-refractivity contribution in [1.82, 2.24) is 4.90 Å². The lowest BCUT2D eigenvalue weighted by molar-refractivity contribution is 0.361. The van der Waals surface area contributed by atoms with Crippen LogP contribution in [0.2, 0.25) is 0 Å². The van der Waals surface area contributed by atoms with Gasteiger partial charge in [0.15, 0.2) is 0 Å². The molecule has 1 fully saturated rings. The third-order valence-electron chi connectivity index (χ3n) is 2.63. The Bertz CT molecular complexity index is 258. The van der Waals surface area contributed by atoms with Gasteiger partial charge in [-0.15, -0.1) is 0 Å². The lowest BCUT2D eigenvalue weighted by Crippen LogP contribution is -2.24. The normalized spacial score (nSPS) is 18.1. The lowest BCUT2D eigenvalue weighted by atomic mass is 10.3. The predicted molar refractivity (Wildman–Crippen MR) is 55.9 cm³/mol. The Balaban J connectivity index is 2.04. The molecule has 0 atom stereocenters. The molecule has 0 amide bonds. The van der Waals surface area contributed by atoms with Gasteiger partial charge in [-0.1, -0.05) is 25.1 Å². The lowest BCUT2D eigenvalue weighted by Gasteiger charge is -2.18. The maximum absolute atomic E-state index is 2.45. The molecule has 1 aromatic carbocycles. The average molecular weight is 176 g/mol. The molecule has 2 rings (SSSR count). The molecular formula is C11H16N2. The van der Waals surface area contributed by atoms with E-state index in [1.807, 2.05) is 0 Å². The smallest absolute Gasteiger partial charge is 0.0708 e. The molecule has 1 heterocycles. The first-order chi connectivity index (χ1) is 6.40. The summed E-state index contributed by atoms with van der Waals surface area (Å²) in [4.78, 5) is 4.87. The first kappa shape index (κ1) is 8.57. The molecule has 2 nitrogen and oxygen atoms in total. The molecule has 0 unspecified atom stereocenters. The van der Waals surface area contributed by atoms with Gasteiger partial charge >= 0.3 is 0 Å². The minimum Gasteiger partial charge on any atom is -0.357 e. The predicted octanol–water partition coefficient (Wildman–Crippen LogP) is 1.79. The highest BCUT2D eigenvalue weighted by Gasteiger charge is 2.17. The van der Waals surface area contributed by atoms with Crippen molar-refractivity contribution in [2.24, 2.45) is 0 Å². The molecule has 0 aromatic heterocycles. The number of likely N-dealkylation sites (N-methyl/N-ethyl adjacent to an activating group) is 1. The molecule has 0 aliphatic carbocycles. The highest BCUT2D eigenvalue weighted by atomic mass is 15.4. The molecular weight excluding hydrogens is 160 g/mol. The zero-order valence-corrected chi connectivity index (χ0v) is 8.11. The summed E-state index contributed by atoms with van der Waals surface area (Å²) in [6.45, 7) is 6.82. The minimum atomic E-state index is 1.08. The Hall–Kier alpha value is -1.02. The zero-order valence-electron chi connectivity index (χ0n) is 8.11. The summed E-state index contributed by atoms with van der Waals surface area (Å²) in [7, 11) is 0. The van der Waals surface area contributed by atoms with Crippen molar-refractivity contribution in [3.63, 3.8) is 0 Å². The van der Waals surface area contributed by atoms with Crippen LogP contribution >= 0.6 is 0 Å². The maximum atomic E-state index is 2.45. The number of nitrogens with zero attached hydrogens (tertiary/aromatic N) is 2. The van der Waals surface area contributed by atoms with Crippen molar-refractivity contribution in [2.45, 2.75) is 6.92 Å². The van der Waals surface area contributed by atoms with Crippen LogP contribution in [-0.4, -0.2) is 31.2 Å². The fourth-order valence-corrected chi connectivity index (χ4v) is 1.75. The van der Waals surface area contributed by atoms with E-state index in [0.717, 1.165) is 19.8 Å². The summed E-state index contributed by atoms with van der Waals surface area (Å²) in [6.07, 6.45) is 0. The Morgan fingerprint density at radius 1 is 1.15 bits per heavy atom. The molecule has 0 saturated carbocycles. The van der Waals surface area contributed by atoms with Crippen molar-refractivity contribution in [3.8, 4) is 0 Å². The summed E-state index contributed by atoms with van der Waals surface area (Å²) >= 11 is 0. The molecule has 0 radical (unpaired) electrons. The van der Waals surface area contributed by atoms with E-state index in [-0.39, 0.29) is 0 Å².